The Labute approximate surface area is 140 Å². The summed E-state index contributed by atoms with van der Waals surface area (Å²) in [5.74, 6) is -0.697. The van der Waals surface area contributed by atoms with E-state index < -0.39 is 5.97 Å². The van der Waals surface area contributed by atoms with Crippen molar-refractivity contribution in [2.75, 3.05) is 7.11 Å². The second-order valence-corrected chi connectivity index (χ2v) is 5.16. The first-order chi connectivity index (χ1) is 11.6. The van der Waals surface area contributed by atoms with Gasteiger partial charge in [-0.2, -0.15) is 5.26 Å². The van der Waals surface area contributed by atoms with Gasteiger partial charge in [0, 0.05) is 6.42 Å². The highest BCUT2D eigenvalue weighted by atomic mass is 16.5. The predicted molar refractivity (Wildman–Crippen MR) is 87.1 cm³/mol. The zero-order valence-corrected chi connectivity index (χ0v) is 13.3. The molecule has 2 aromatic rings. The van der Waals surface area contributed by atoms with Crippen molar-refractivity contribution in [1.82, 2.24) is 0 Å². The molecule has 0 atom stereocenters. The summed E-state index contributed by atoms with van der Waals surface area (Å²) in [5.41, 5.74) is 2.83. The van der Waals surface area contributed by atoms with Crippen LogP contribution in [0.2, 0.25) is 0 Å². The van der Waals surface area contributed by atoms with Crippen LogP contribution in [0.15, 0.2) is 48.5 Å². The molecule has 0 saturated heterocycles. The van der Waals surface area contributed by atoms with E-state index in [1.807, 2.05) is 12.1 Å². The topological polar surface area (TPSA) is 76.4 Å². The summed E-state index contributed by atoms with van der Waals surface area (Å²) in [6.45, 7) is 0.160. The zero-order chi connectivity index (χ0) is 17.4. The van der Waals surface area contributed by atoms with Crippen LogP contribution in [-0.4, -0.2) is 19.0 Å². The van der Waals surface area contributed by atoms with Gasteiger partial charge in [-0.05, 0) is 41.8 Å². The molecular formula is C19H17NO4. The van der Waals surface area contributed by atoms with Gasteiger partial charge in [-0.3, -0.25) is 4.79 Å². The first-order valence-corrected chi connectivity index (χ1v) is 7.44. The minimum absolute atomic E-state index is 0.160. The van der Waals surface area contributed by atoms with Crippen molar-refractivity contribution >= 4 is 11.9 Å². The molecule has 2 rings (SSSR count). The van der Waals surface area contributed by atoms with E-state index in [-0.39, 0.29) is 19.0 Å². The maximum absolute atomic E-state index is 11.8. The fourth-order valence-electron chi connectivity index (χ4n) is 2.08. The standard InChI is InChI=1S/C19H17NO4/c1-23-19(22)17-9-6-16(7-10-17)13-24-18(21)11-8-14-2-4-15(12-20)5-3-14/h2-7,9-10H,8,11,13H2,1H3. The van der Waals surface area contributed by atoms with E-state index in [1.165, 1.54) is 7.11 Å². The molecule has 0 fully saturated rings. The highest BCUT2D eigenvalue weighted by Crippen LogP contribution is 2.09. The molecule has 0 heterocycles. The minimum Gasteiger partial charge on any atom is -0.465 e. The second-order valence-electron chi connectivity index (χ2n) is 5.16. The van der Waals surface area contributed by atoms with Crippen molar-refractivity contribution < 1.29 is 19.1 Å². The number of methoxy groups -OCH3 is 1. The van der Waals surface area contributed by atoms with Crippen molar-refractivity contribution in [3.63, 3.8) is 0 Å². The van der Waals surface area contributed by atoms with Crippen LogP contribution in [0.3, 0.4) is 0 Å². The summed E-state index contributed by atoms with van der Waals surface area (Å²) >= 11 is 0. The van der Waals surface area contributed by atoms with Gasteiger partial charge in [-0.15, -0.1) is 0 Å². The molecule has 0 aromatic heterocycles. The van der Waals surface area contributed by atoms with Crippen LogP contribution in [-0.2, 0) is 27.3 Å². The molecule has 0 saturated carbocycles. The van der Waals surface area contributed by atoms with E-state index >= 15 is 0 Å². The minimum atomic E-state index is -0.402. The molecule has 0 spiro atoms. The van der Waals surface area contributed by atoms with Crippen molar-refractivity contribution in [2.45, 2.75) is 19.4 Å². The molecule has 0 amide bonds. The second kappa shape index (κ2) is 8.49. The van der Waals surface area contributed by atoms with Gasteiger partial charge in [0.05, 0.1) is 24.3 Å². The number of carbonyl (C=O) groups is 2. The Morgan fingerprint density at radius 3 is 2.21 bits per heavy atom. The lowest BCUT2D eigenvalue weighted by atomic mass is 10.1. The smallest absolute Gasteiger partial charge is 0.337 e. The number of benzene rings is 2. The number of ether oxygens (including phenoxy) is 2. The Morgan fingerprint density at radius 1 is 1.00 bits per heavy atom. The van der Waals surface area contributed by atoms with Gasteiger partial charge in [0.15, 0.2) is 0 Å². The third-order valence-corrected chi connectivity index (χ3v) is 3.48. The number of hydrogen-bond donors (Lipinski definition) is 0. The molecule has 0 aliphatic carbocycles. The number of hydrogen-bond acceptors (Lipinski definition) is 5. The lowest BCUT2D eigenvalue weighted by Crippen LogP contribution is -2.06. The number of nitriles is 1. The number of esters is 2. The quantitative estimate of drug-likeness (QED) is 0.764. The van der Waals surface area contributed by atoms with Gasteiger partial charge in [-0.25, -0.2) is 4.79 Å². The fraction of sp³-hybridized carbons (Fsp3) is 0.211. The molecule has 0 N–H and O–H groups in total. The van der Waals surface area contributed by atoms with Gasteiger partial charge in [0.1, 0.15) is 6.61 Å². The summed E-state index contributed by atoms with van der Waals surface area (Å²) < 4.78 is 9.83. The van der Waals surface area contributed by atoms with Crippen LogP contribution >= 0.6 is 0 Å². The maximum Gasteiger partial charge on any atom is 0.337 e. The molecule has 2 aromatic carbocycles. The number of nitrogens with zero attached hydrogens (tertiary/aromatic N) is 1. The van der Waals surface area contributed by atoms with E-state index in [9.17, 15) is 9.59 Å². The maximum atomic E-state index is 11.8. The lowest BCUT2D eigenvalue weighted by molar-refractivity contribution is -0.144. The van der Waals surface area contributed by atoms with E-state index in [0.717, 1.165) is 11.1 Å². The van der Waals surface area contributed by atoms with Crippen LogP contribution in [0.4, 0.5) is 0 Å². The van der Waals surface area contributed by atoms with Crippen LogP contribution in [0.5, 0.6) is 0 Å². The molecule has 24 heavy (non-hydrogen) atoms. The highest BCUT2D eigenvalue weighted by molar-refractivity contribution is 5.89. The average Bonchev–Trinajstić information content (AvgIpc) is 2.64. The van der Waals surface area contributed by atoms with Crippen LogP contribution in [0.25, 0.3) is 0 Å². The lowest BCUT2D eigenvalue weighted by Gasteiger charge is -2.06. The van der Waals surface area contributed by atoms with Gasteiger partial charge < -0.3 is 9.47 Å². The van der Waals surface area contributed by atoms with Gasteiger partial charge >= 0.3 is 11.9 Å². The Kier molecular flexibility index (Phi) is 6.09. The Balaban J connectivity index is 1.78. The normalized spacial score (nSPS) is 9.83. The SMILES string of the molecule is COC(=O)c1ccc(COC(=O)CCc2ccc(C#N)cc2)cc1. The summed E-state index contributed by atoms with van der Waals surface area (Å²) in [6.07, 6.45) is 0.831. The fourth-order valence-corrected chi connectivity index (χ4v) is 2.08. The molecule has 0 aliphatic heterocycles. The molecular weight excluding hydrogens is 306 g/mol. The Hall–Kier alpha value is -3.13. The Bertz CT molecular complexity index is 742. The van der Waals surface area contributed by atoms with Crippen molar-refractivity contribution in [3.8, 4) is 6.07 Å². The summed E-state index contributed by atoms with van der Waals surface area (Å²) in [6, 6.07) is 15.9. The summed E-state index contributed by atoms with van der Waals surface area (Å²) in [7, 11) is 1.33. The number of aryl methyl sites for hydroxylation is 1. The monoisotopic (exact) mass is 323 g/mol. The molecule has 122 valence electrons. The van der Waals surface area contributed by atoms with E-state index in [4.69, 9.17) is 10.00 Å². The van der Waals surface area contributed by atoms with Gasteiger partial charge in [0.25, 0.3) is 0 Å². The van der Waals surface area contributed by atoms with Crippen molar-refractivity contribution in [3.05, 3.63) is 70.8 Å². The molecule has 0 aliphatic rings. The average molecular weight is 323 g/mol. The van der Waals surface area contributed by atoms with Crippen LogP contribution in [0, 0.1) is 11.3 Å². The van der Waals surface area contributed by atoms with Crippen LogP contribution in [0.1, 0.15) is 33.5 Å². The third-order valence-electron chi connectivity index (χ3n) is 3.48. The Morgan fingerprint density at radius 2 is 1.62 bits per heavy atom. The third kappa shape index (κ3) is 4.96. The van der Waals surface area contributed by atoms with E-state index in [1.54, 1.807) is 36.4 Å². The van der Waals surface area contributed by atoms with E-state index in [0.29, 0.717) is 17.5 Å². The number of carbonyl (C=O) groups excluding carboxylic acids is 2. The zero-order valence-electron chi connectivity index (χ0n) is 13.3. The number of rotatable bonds is 6. The van der Waals surface area contributed by atoms with Gasteiger partial charge in [0.2, 0.25) is 0 Å². The van der Waals surface area contributed by atoms with Crippen molar-refractivity contribution in [2.24, 2.45) is 0 Å². The molecule has 5 heteroatoms. The largest absolute Gasteiger partial charge is 0.465 e. The van der Waals surface area contributed by atoms with Crippen molar-refractivity contribution in [1.29, 1.82) is 5.26 Å². The van der Waals surface area contributed by atoms with Gasteiger partial charge in [-0.1, -0.05) is 24.3 Å². The first-order valence-electron chi connectivity index (χ1n) is 7.44. The first kappa shape index (κ1) is 17.2. The predicted octanol–water partition coefficient (Wildman–Crippen LogP) is 3.02. The molecule has 0 unspecified atom stereocenters. The van der Waals surface area contributed by atoms with Crippen LogP contribution < -0.4 is 0 Å². The summed E-state index contributed by atoms with van der Waals surface area (Å²) in [4.78, 5) is 23.1. The highest BCUT2D eigenvalue weighted by Gasteiger charge is 2.07. The summed E-state index contributed by atoms with van der Waals surface area (Å²) in [5, 5.41) is 8.74. The molecule has 0 bridgehead atoms. The molecule has 5 nitrogen and oxygen atoms in total. The van der Waals surface area contributed by atoms with E-state index in [2.05, 4.69) is 10.8 Å². The molecule has 0 radical (unpaired) electrons.